The fourth-order valence-corrected chi connectivity index (χ4v) is 1.87. The highest BCUT2D eigenvalue weighted by Crippen LogP contribution is 2.14. The molecule has 17 heavy (non-hydrogen) atoms. The zero-order chi connectivity index (χ0) is 12.4. The monoisotopic (exact) mass is 252 g/mol. The molecule has 0 N–H and O–H groups in total. The van der Waals surface area contributed by atoms with Gasteiger partial charge in [0.1, 0.15) is 0 Å². The third-order valence-electron chi connectivity index (χ3n) is 2.88. The average Bonchev–Trinajstić information content (AvgIpc) is 2.62. The summed E-state index contributed by atoms with van der Waals surface area (Å²) >= 11 is 4.20. The molecule has 0 aliphatic rings. The molecule has 0 spiro atoms. The van der Waals surface area contributed by atoms with Crippen LogP contribution in [0, 0.1) is 0 Å². The Bertz CT molecular complexity index is 573. The van der Waals surface area contributed by atoms with Gasteiger partial charge in [-0.05, 0) is 31.2 Å². The van der Waals surface area contributed by atoms with E-state index in [-0.39, 0.29) is 5.76 Å². The average molecular weight is 252 g/mol. The third-order valence-corrected chi connectivity index (χ3v) is 3.36. The topological polar surface area (TPSA) is 38.4 Å². The van der Waals surface area contributed by atoms with Crippen LogP contribution in [-0.4, -0.2) is 28.9 Å². The molecule has 0 radical (unpaired) electrons. The van der Waals surface area contributed by atoms with Crippen molar-refractivity contribution in [3.8, 4) is 0 Å². The Hall–Kier alpha value is -1.20. The molecular formula is C12H16N2O2S. The van der Waals surface area contributed by atoms with Gasteiger partial charge < -0.3 is 4.42 Å². The van der Waals surface area contributed by atoms with E-state index in [0.29, 0.717) is 5.58 Å². The number of thiol groups is 1. The molecular weight excluding hydrogens is 236 g/mol. The van der Waals surface area contributed by atoms with Gasteiger partial charge in [-0.25, -0.2) is 4.79 Å². The lowest BCUT2D eigenvalue weighted by atomic mass is 10.1. The number of nitrogens with zero attached hydrogens (tertiary/aromatic N) is 2. The van der Waals surface area contributed by atoms with Crippen molar-refractivity contribution < 1.29 is 4.42 Å². The predicted octanol–water partition coefficient (Wildman–Crippen LogP) is 1.49. The van der Waals surface area contributed by atoms with Crippen molar-refractivity contribution in [1.29, 1.82) is 0 Å². The Labute approximate surface area is 105 Å². The van der Waals surface area contributed by atoms with Crippen LogP contribution < -0.4 is 5.76 Å². The quantitative estimate of drug-likeness (QED) is 0.662. The third kappa shape index (κ3) is 2.56. The minimum Gasteiger partial charge on any atom is -0.408 e. The Morgan fingerprint density at radius 2 is 2.24 bits per heavy atom. The summed E-state index contributed by atoms with van der Waals surface area (Å²) in [5.41, 5.74) is 2.66. The van der Waals surface area contributed by atoms with E-state index in [4.69, 9.17) is 4.42 Å². The Morgan fingerprint density at radius 1 is 1.47 bits per heavy atom. The largest absolute Gasteiger partial charge is 0.419 e. The molecule has 0 saturated carbocycles. The molecule has 0 saturated heterocycles. The minimum absolute atomic E-state index is 0.315. The van der Waals surface area contributed by atoms with E-state index in [1.165, 1.54) is 10.1 Å². The van der Waals surface area contributed by atoms with Gasteiger partial charge >= 0.3 is 5.76 Å². The highest BCUT2D eigenvalue weighted by Gasteiger charge is 2.06. The molecule has 0 fully saturated rings. The first-order valence-corrected chi connectivity index (χ1v) is 6.13. The van der Waals surface area contributed by atoms with E-state index < -0.39 is 0 Å². The number of oxazole rings is 1. The standard InChI is InChI=1S/C12H16N2O2S/c1-13(8-17)6-5-9-3-4-10-11(7-9)16-12(15)14(10)2/h3-4,7,17H,5-6,8H2,1-2H3. The summed E-state index contributed by atoms with van der Waals surface area (Å²) in [7, 11) is 3.73. The zero-order valence-corrected chi connectivity index (χ0v) is 10.9. The molecule has 92 valence electrons. The van der Waals surface area contributed by atoms with Crippen molar-refractivity contribution in [1.82, 2.24) is 9.47 Å². The normalized spacial score (nSPS) is 11.5. The van der Waals surface area contributed by atoms with E-state index in [1.54, 1.807) is 7.05 Å². The van der Waals surface area contributed by atoms with Crippen molar-refractivity contribution in [3.63, 3.8) is 0 Å². The second kappa shape index (κ2) is 4.98. The molecule has 0 aliphatic heterocycles. The lowest BCUT2D eigenvalue weighted by Crippen LogP contribution is -2.19. The van der Waals surface area contributed by atoms with Crippen LogP contribution in [-0.2, 0) is 13.5 Å². The number of hydrogen-bond donors (Lipinski definition) is 1. The summed E-state index contributed by atoms with van der Waals surface area (Å²) in [4.78, 5) is 13.5. The van der Waals surface area contributed by atoms with E-state index in [0.717, 1.165) is 24.4 Å². The zero-order valence-electron chi connectivity index (χ0n) is 10.0. The first kappa shape index (κ1) is 12.3. The number of hydrogen-bond acceptors (Lipinski definition) is 4. The Kier molecular flexibility index (Phi) is 3.59. The fourth-order valence-electron chi connectivity index (χ4n) is 1.72. The number of benzene rings is 1. The summed E-state index contributed by atoms with van der Waals surface area (Å²) < 4.78 is 6.66. The molecule has 1 aromatic heterocycles. The highest BCUT2D eigenvalue weighted by molar-refractivity contribution is 7.80. The lowest BCUT2D eigenvalue weighted by Gasteiger charge is -2.12. The molecule has 4 nitrogen and oxygen atoms in total. The molecule has 2 aromatic rings. The number of fused-ring (bicyclic) bond motifs is 1. The van der Waals surface area contributed by atoms with E-state index >= 15 is 0 Å². The maximum absolute atomic E-state index is 11.3. The second-order valence-corrected chi connectivity index (χ2v) is 4.48. The van der Waals surface area contributed by atoms with Crippen LogP contribution >= 0.6 is 12.6 Å². The van der Waals surface area contributed by atoms with Crippen LogP contribution in [0.2, 0.25) is 0 Å². The van der Waals surface area contributed by atoms with Crippen LogP contribution in [0.5, 0.6) is 0 Å². The molecule has 0 bridgehead atoms. The number of aromatic nitrogens is 1. The van der Waals surface area contributed by atoms with Gasteiger partial charge in [0, 0.05) is 19.5 Å². The molecule has 2 rings (SSSR count). The molecule has 0 unspecified atom stereocenters. The van der Waals surface area contributed by atoms with Crippen molar-refractivity contribution in [3.05, 3.63) is 34.3 Å². The van der Waals surface area contributed by atoms with Gasteiger partial charge in [0.15, 0.2) is 5.58 Å². The summed E-state index contributed by atoms with van der Waals surface area (Å²) in [6, 6.07) is 5.89. The number of rotatable bonds is 4. The van der Waals surface area contributed by atoms with Crippen LogP contribution in [0.15, 0.2) is 27.4 Å². The van der Waals surface area contributed by atoms with Gasteiger partial charge in [-0.3, -0.25) is 9.47 Å². The van der Waals surface area contributed by atoms with Crippen molar-refractivity contribution in [2.24, 2.45) is 7.05 Å². The smallest absolute Gasteiger partial charge is 0.408 e. The maximum Gasteiger partial charge on any atom is 0.419 e. The first-order valence-electron chi connectivity index (χ1n) is 5.49. The van der Waals surface area contributed by atoms with Gasteiger partial charge in [0.05, 0.1) is 5.52 Å². The Balaban J connectivity index is 2.23. The van der Waals surface area contributed by atoms with E-state index in [2.05, 4.69) is 17.5 Å². The van der Waals surface area contributed by atoms with Gasteiger partial charge in [-0.15, -0.1) is 0 Å². The number of aryl methyl sites for hydroxylation is 1. The van der Waals surface area contributed by atoms with Gasteiger partial charge in [-0.1, -0.05) is 6.07 Å². The van der Waals surface area contributed by atoms with Crippen LogP contribution in [0.1, 0.15) is 5.56 Å². The highest BCUT2D eigenvalue weighted by atomic mass is 32.1. The molecule has 0 amide bonds. The summed E-state index contributed by atoms with van der Waals surface area (Å²) in [6.45, 7) is 0.937. The van der Waals surface area contributed by atoms with Crippen LogP contribution in [0.4, 0.5) is 0 Å². The molecule has 5 heteroatoms. The SMILES string of the molecule is CN(CS)CCc1ccc2c(c1)oc(=O)n2C. The summed E-state index contributed by atoms with van der Waals surface area (Å²) in [5.74, 6) is 0.424. The van der Waals surface area contributed by atoms with Gasteiger partial charge in [-0.2, -0.15) is 12.6 Å². The first-order chi connectivity index (χ1) is 8.11. The molecule has 1 aromatic carbocycles. The fraction of sp³-hybridized carbons (Fsp3) is 0.417. The Morgan fingerprint density at radius 3 is 2.94 bits per heavy atom. The molecule has 0 atom stereocenters. The van der Waals surface area contributed by atoms with Gasteiger partial charge in [0.2, 0.25) is 0 Å². The lowest BCUT2D eigenvalue weighted by molar-refractivity contribution is 0.399. The van der Waals surface area contributed by atoms with Gasteiger partial charge in [0.25, 0.3) is 0 Å². The van der Waals surface area contributed by atoms with Crippen LogP contribution in [0.3, 0.4) is 0 Å². The van der Waals surface area contributed by atoms with E-state index in [9.17, 15) is 4.79 Å². The summed E-state index contributed by atoms with van der Waals surface area (Å²) in [5, 5.41) is 0. The van der Waals surface area contributed by atoms with E-state index in [1.807, 2.05) is 25.2 Å². The maximum atomic E-state index is 11.3. The van der Waals surface area contributed by atoms with Crippen molar-refractivity contribution >= 4 is 23.7 Å². The van der Waals surface area contributed by atoms with Crippen molar-refractivity contribution in [2.75, 3.05) is 19.5 Å². The second-order valence-electron chi connectivity index (χ2n) is 4.20. The van der Waals surface area contributed by atoms with Crippen molar-refractivity contribution in [2.45, 2.75) is 6.42 Å². The molecule has 1 heterocycles. The minimum atomic E-state index is -0.315. The van der Waals surface area contributed by atoms with Crippen LogP contribution in [0.25, 0.3) is 11.1 Å². The molecule has 0 aliphatic carbocycles. The number of likely N-dealkylation sites (N-methyl/N-ethyl adjacent to an activating group) is 1. The predicted molar refractivity (Wildman–Crippen MR) is 71.6 cm³/mol. The summed E-state index contributed by atoms with van der Waals surface area (Å²) in [6.07, 6.45) is 0.922.